The van der Waals surface area contributed by atoms with E-state index in [4.69, 9.17) is 0 Å². The number of amides is 1. The number of hydrogen-bond acceptors (Lipinski definition) is 2. The molecule has 0 aliphatic heterocycles. The zero-order chi connectivity index (χ0) is 13.3. The Balaban J connectivity index is 1.63. The van der Waals surface area contributed by atoms with Gasteiger partial charge in [-0.1, -0.05) is 43.9 Å². The minimum Gasteiger partial charge on any atom is -0.326 e. The van der Waals surface area contributed by atoms with Gasteiger partial charge in [-0.25, -0.2) is 0 Å². The van der Waals surface area contributed by atoms with Crippen LogP contribution in [0.2, 0.25) is 0 Å². The largest absolute Gasteiger partial charge is 0.326 e. The van der Waals surface area contributed by atoms with Crippen LogP contribution in [0.5, 0.6) is 0 Å². The SMILES string of the molecule is O=C(CCNC1CCCCCC1)Nc1ccccc1. The van der Waals surface area contributed by atoms with Gasteiger partial charge in [-0.05, 0) is 25.0 Å². The first kappa shape index (κ1) is 14.1. The summed E-state index contributed by atoms with van der Waals surface area (Å²) in [5, 5.41) is 6.43. The van der Waals surface area contributed by atoms with E-state index in [1.807, 2.05) is 30.3 Å². The number of anilines is 1. The Morgan fingerprint density at radius 2 is 1.74 bits per heavy atom. The number of carbonyl (C=O) groups excluding carboxylic acids is 1. The monoisotopic (exact) mass is 260 g/mol. The van der Waals surface area contributed by atoms with Crippen LogP contribution >= 0.6 is 0 Å². The van der Waals surface area contributed by atoms with Gasteiger partial charge in [0, 0.05) is 24.7 Å². The third kappa shape index (κ3) is 5.43. The van der Waals surface area contributed by atoms with Crippen LogP contribution in [0.3, 0.4) is 0 Å². The molecule has 0 unspecified atom stereocenters. The number of para-hydroxylation sites is 1. The maximum Gasteiger partial charge on any atom is 0.225 e. The molecule has 1 saturated carbocycles. The number of benzene rings is 1. The predicted octanol–water partition coefficient (Wildman–Crippen LogP) is 3.33. The van der Waals surface area contributed by atoms with Gasteiger partial charge in [0.1, 0.15) is 0 Å². The molecule has 1 aliphatic carbocycles. The summed E-state index contributed by atoms with van der Waals surface area (Å²) in [5.41, 5.74) is 0.877. The van der Waals surface area contributed by atoms with Gasteiger partial charge in [0.05, 0.1) is 0 Å². The van der Waals surface area contributed by atoms with Gasteiger partial charge >= 0.3 is 0 Å². The molecule has 1 fully saturated rings. The van der Waals surface area contributed by atoms with Crippen molar-refractivity contribution in [2.45, 2.75) is 51.0 Å². The molecule has 0 aromatic heterocycles. The second-order valence-corrected chi connectivity index (χ2v) is 5.31. The van der Waals surface area contributed by atoms with Gasteiger partial charge in [-0.2, -0.15) is 0 Å². The molecule has 104 valence electrons. The maximum absolute atomic E-state index is 11.8. The van der Waals surface area contributed by atoms with E-state index in [1.165, 1.54) is 38.5 Å². The van der Waals surface area contributed by atoms with Crippen molar-refractivity contribution in [3.8, 4) is 0 Å². The summed E-state index contributed by atoms with van der Waals surface area (Å²) in [7, 11) is 0. The standard InChI is InChI=1S/C16H24N2O/c19-16(18-15-10-6-3-7-11-15)12-13-17-14-8-4-1-2-5-9-14/h3,6-7,10-11,14,17H,1-2,4-5,8-9,12-13H2,(H,18,19). The van der Waals surface area contributed by atoms with Crippen molar-refractivity contribution in [2.75, 3.05) is 11.9 Å². The fourth-order valence-corrected chi connectivity index (χ4v) is 2.62. The van der Waals surface area contributed by atoms with Crippen LogP contribution in [0, 0.1) is 0 Å². The highest BCUT2D eigenvalue weighted by Crippen LogP contribution is 2.17. The molecule has 3 nitrogen and oxygen atoms in total. The highest BCUT2D eigenvalue weighted by Gasteiger charge is 2.11. The Morgan fingerprint density at radius 1 is 1.05 bits per heavy atom. The summed E-state index contributed by atoms with van der Waals surface area (Å²) in [4.78, 5) is 11.8. The molecule has 2 rings (SSSR count). The van der Waals surface area contributed by atoms with Gasteiger partial charge < -0.3 is 10.6 Å². The molecule has 2 N–H and O–H groups in total. The third-order valence-corrected chi connectivity index (χ3v) is 3.70. The Labute approximate surface area is 115 Å². The summed E-state index contributed by atoms with van der Waals surface area (Å²) in [6.07, 6.45) is 8.47. The quantitative estimate of drug-likeness (QED) is 0.797. The van der Waals surface area contributed by atoms with E-state index < -0.39 is 0 Å². The Hall–Kier alpha value is -1.35. The average Bonchev–Trinajstić information content (AvgIpc) is 2.68. The summed E-state index contributed by atoms with van der Waals surface area (Å²) in [5.74, 6) is 0.0901. The maximum atomic E-state index is 11.8. The Bertz CT molecular complexity index is 370. The fourth-order valence-electron chi connectivity index (χ4n) is 2.62. The van der Waals surface area contributed by atoms with Gasteiger partial charge in [-0.3, -0.25) is 4.79 Å². The van der Waals surface area contributed by atoms with Crippen LogP contribution in [0.15, 0.2) is 30.3 Å². The molecule has 0 bridgehead atoms. The van der Waals surface area contributed by atoms with E-state index in [0.29, 0.717) is 12.5 Å². The number of hydrogen-bond donors (Lipinski definition) is 2. The summed E-state index contributed by atoms with van der Waals surface area (Å²) in [6.45, 7) is 0.781. The lowest BCUT2D eigenvalue weighted by Gasteiger charge is -2.15. The van der Waals surface area contributed by atoms with Crippen molar-refractivity contribution in [2.24, 2.45) is 0 Å². The second-order valence-electron chi connectivity index (χ2n) is 5.31. The van der Waals surface area contributed by atoms with E-state index in [0.717, 1.165) is 12.2 Å². The molecule has 1 aromatic rings. The molecule has 0 radical (unpaired) electrons. The minimum absolute atomic E-state index is 0.0901. The summed E-state index contributed by atoms with van der Waals surface area (Å²) >= 11 is 0. The zero-order valence-corrected chi connectivity index (χ0v) is 11.5. The van der Waals surface area contributed by atoms with Crippen molar-refractivity contribution in [3.63, 3.8) is 0 Å². The first-order valence-corrected chi connectivity index (χ1v) is 7.43. The van der Waals surface area contributed by atoms with Crippen molar-refractivity contribution in [1.82, 2.24) is 5.32 Å². The van der Waals surface area contributed by atoms with Crippen molar-refractivity contribution in [3.05, 3.63) is 30.3 Å². The van der Waals surface area contributed by atoms with Crippen LogP contribution in [-0.4, -0.2) is 18.5 Å². The molecular formula is C16H24N2O. The Morgan fingerprint density at radius 3 is 2.42 bits per heavy atom. The highest BCUT2D eigenvalue weighted by molar-refractivity contribution is 5.90. The molecule has 0 atom stereocenters. The van der Waals surface area contributed by atoms with E-state index in [9.17, 15) is 4.79 Å². The molecular weight excluding hydrogens is 236 g/mol. The van der Waals surface area contributed by atoms with Gasteiger partial charge in [0.2, 0.25) is 5.91 Å². The van der Waals surface area contributed by atoms with Crippen molar-refractivity contribution < 1.29 is 4.79 Å². The number of rotatable bonds is 5. The van der Waals surface area contributed by atoms with Crippen LogP contribution in [-0.2, 0) is 4.79 Å². The lowest BCUT2D eigenvalue weighted by atomic mass is 10.1. The third-order valence-electron chi connectivity index (χ3n) is 3.70. The smallest absolute Gasteiger partial charge is 0.225 e. The second kappa shape index (κ2) is 7.95. The zero-order valence-electron chi connectivity index (χ0n) is 11.5. The summed E-state index contributed by atoms with van der Waals surface area (Å²) in [6, 6.07) is 10.3. The summed E-state index contributed by atoms with van der Waals surface area (Å²) < 4.78 is 0. The highest BCUT2D eigenvalue weighted by atomic mass is 16.1. The molecule has 1 amide bonds. The van der Waals surface area contributed by atoms with Crippen molar-refractivity contribution >= 4 is 11.6 Å². The number of nitrogens with one attached hydrogen (secondary N) is 2. The van der Waals surface area contributed by atoms with Gasteiger partial charge in [0.15, 0.2) is 0 Å². The fraction of sp³-hybridized carbons (Fsp3) is 0.562. The van der Waals surface area contributed by atoms with Gasteiger partial charge in [-0.15, -0.1) is 0 Å². The van der Waals surface area contributed by atoms with Crippen molar-refractivity contribution in [1.29, 1.82) is 0 Å². The molecule has 0 spiro atoms. The Kier molecular flexibility index (Phi) is 5.89. The first-order chi connectivity index (χ1) is 9.34. The van der Waals surface area contributed by atoms with E-state index >= 15 is 0 Å². The van der Waals surface area contributed by atoms with Crippen LogP contribution in [0.1, 0.15) is 44.9 Å². The lowest BCUT2D eigenvalue weighted by molar-refractivity contribution is -0.116. The van der Waals surface area contributed by atoms with E-state index in [2.05, 4.69) is 10.6 Å². The molecule has 1 aliphatic rings. The normalized spacial score (nSPS) is 16.8. The van der Waals surface area contributed by atoms with Gasteiger partial charge in [0.25, 0.3) is 0 Å². The lowest BCUT2D eigenvalue weighted by Crippen LogP contribution is -2.31. The topological polar surface area (TPSA) is 41.1 Å². The van der Waals surface area contributed by atoms with Crippen LogP contribution in [0.25, 0.3) is 0 Å². The molecule has 0 saturated heterocycles. The van der Waals surface area contributed by atoms with Crippen LogP contribution in [0.4, 0.5) is 5.69 Å². The minimum atomic E-state index is 0.0901. The van der Waals surface area contributed by atoms with Crippen LogP contribution < -0.4 is 10.6 Å². The molecule has 0 heterocycles. The first-order valence-electron chi connectivity index (χ1n) is 7.43. The van der Waals surface area contributed by atoms with E-state index in [1.54, 1.807) is 0 Å². The molecule has 19 heavy (non-hydrogen) atoms. The predicted molar refractivity (Wildman–Crippen MR) is 79.2 cm³/mol. The average molecular weight is 260 g/mol. The van der Waals surface area contributed by atoms with E-state index in [-0.39, 0.29) is 5.91 Å². The molecule has 1 aromatic carbocycles. The molecule has 3 heteroatoms. The number of carbonyl (C=O) groups is 1.